The Hall–Kier alpha value is -0.640. The van der Waals surface area contributed by atoms with Crippen molar-refractivity contribution in [2.45, 2.75) is 24.9 Å². The molecule has 0 unspecified atom stereocenters. The molecular formula is C7H12N2OS. The molecule has 0 aliphatic carbocycles. The van der Waals surface area contributed by atoms with Crippen molar-refractivity contribution in [2.24, 2.45) is 7.05 Å². The van der Waals surface area contributed by atoms with Gasteiger partial charge >= 0.3 is 0 Å². The Morgan fingerprint density at radius 3 is 2.64 bits per heavy atom. The summed E-state index contributed by atoms with van der Waals surface area (Å²) >= 11 is 4.16. The lowest BCUT2D eigenvalue weighted by Crippen LogP contribution is -2.18. The quantitative estimate of drug-likeness (QED) is 0.659. The summed E-state index contributed by atoms with van der Waals surface area (Å²) in [5, 5.41) is 0.736. The van der Waals surface area contributed by atoms with Crippen LogP contribution in [0.4, 0.5) is 0 Å². The first-order valence-electron chi connectivity index (χ1n) is 3.62. The Morgan fingerprint density at radius 2 is 2.27 bits per heavy atom. The molecular weight excluding hydrogens is 160 g/mol. The van der Waals surface area contributed by atoms with Crippen LogP contribution in [0.3, 0.4) is 0 Å². The summed E-state index contributed by atoms with van der Waals surface area (Å²) in [7, 11) is 1.75. The third-order valence-corrected chi connectivity index (χ3v) is 1.99. The molecule has 0 fully saturated rings. The van der Waals surface area contributed by atoms with E-state index >= 15 is 0 Å². The Balaban J connectivity index is 3.12. The van der Waals surface area contributed by atoms with Crippen molar-refractivity contribution in [3.63, 3.8) is 0 Å². The van der Waals surface area contributed by atoms with Gasteiger partial charge in [-0.05, 0) is 6.42 Å². The van der Waals surface area contributed by atoms with Crippen LogP contribution < -0.4 is 5.56 Å². The zero-order valence-electron chi connectivity index (χ0n) is 6.74. The minimum absolute atomic E-state index is 0.00319. The molecule has 62 valence electrons. The molecule has 0 N–H and O–H groups in total. The number of nitrogens with zero attached hydrogens (tertiary/aromatic N) is 2. The molecule has 3 nitrogen and oxygen atoms in total. The summed E-state index contributed by atoms with van der Waals surface area (Å²) in [5.74, 6) is 0. The van der Waals surface area contributed by atoms with Crippen molar-refractivity contribution in [1.82, 2.24) is 9.36 Å². The van der Waals surface area contributed by atoms with Crippen molar-refractivity contribution in [1.29, 1.82) is 0 Å². The van der Waals surface area contributed by atoms with Gasteiger partial charge in [0.1, 0.15) is 0 Å². The monoisotopic (exact) mass is 172 g/mol. The van der Waals surface area contributed by atoms with E-state index in [1.165, 1.54) is 6.07 Å². The maximum atomic E-state index is 11.0. The van der Waals surface area contributed by atoms with Crippen molar-refractivity contribution >= 4 is 12.6 Å². The second kappa shape index (κ2) is 3.17. The minimum atomic E-state index is 0.00319. The third-order valence-electron chi connectivity index (χ3n) is 1.63. The van der Waals surface area contributed by atoms with Crippen LogP contribution in [-0.4, -0.2) is 9.36 Å². The van der Waals surface area contributed by atoms with E-state index in [1.807, 2.05) is 4.68 Å². The summed E-state index contributed by atoms with van der Waals surface area (Å²) in [6.45, 7) is 2.91. The average Bonchev–Trinajstić information content (AvgIpc) is 2.17. The maximum Gasteiger partial charge on any atom is 0.267 e. The van der Waals surface area contributed by atoms with Crippen molar-refractivity contribution in [3.05, 3.63) is 16.4 Å². The standard InChI is InChI=1S/C7H12N2OS/c1-3-4-9-7(11)5-6(10)8(9)2/h5,11H,3-4H2,1-2H3. The summed E-state index contributed by atoms with van der Waals surface area (Å²) in [4.78, 5) is 11.0. The highest BCUT2D eigenvalue weighted by Crippen LogP contribution is 2.02. The Kier molecular flexibility index (Phi) is 2.44. The summed E-state index contributed by atoms with van der Waals surface area (Å²) in [6.07, 6.45) is 1.01. The number of hydrogen-bond donors (Lipinski definition) is 1. The van der Waals surface area contributed by atoms with Gasteiger partial charge in [0, 0.05) is 19.7 Å². The molecule has 0 radical (unpaired) electrons. The molecule has 0 amide bonds. The van der Waals surface area contributed by atoms with E-state index in [4.69, 9.17) is 0 Å². The lowest BCUT2D eigenvalue weighted by Gasteiger charge is -2.06. The SMILES string of the molecule is CCCn1c(S)cc(=O)n1C. The van der Waals surface area contributed by atoms with Crippen LogP contribution in [-0.2, 0) is 13.6 Å². The van der Waals surface area contributed by atoms with Gasteiger partial charge in [0.05, 0.1) is 5.03 Å². The molecule has 0 aromatic carbocycles. The fraction of sp³-hybridized carbons (Fsp3) is 0.571. The summed E-state index contributed by atoms with van der Waals surface area (Å²) in [6, 6.07) is 1.53. The first-order chi connectivity index (χ1) is 5.16. The largest absolute Gasteiger partial charge is 0.277 e. The molecule has 0 aliphatic rings. The van der Waals surface area contributed by atoms with Crippen LogP contribution in [0.5, 0.6) is 0 Å². The van der Waals surface area contributed by atoms with Crippen molar-refractivity contribution < 1.29 is 0 Å². The smallest absolute Gasteiger partial charge is 0.267 e. The van der Waals surface area contributed by atoms with E-state index in [2.05, 4.69) is 19.6 Å². The van der Waals surface area contributed by atoms with Gasteiger partial charge in [0.25, 0.3) is 5.56 Å². The molecule has 0 bridgehead atoms. The molecule has 0 saturated heterocycles. The Bertz CT molecular complexity index is 300. The highest BCUT2D eigenvalue weighted by molar-refractivity contribution is 7.80. The topological polar surface area (TPSA) is 26.9 Å². The van der Waals surface area contributed by atoms with Crippen LogP contribution in [0.1, 0.15) is 13.3 Å². The van der Waals surface area contributed by atoms with E-state index < -0.39 is 0 Å². The molecule has 1 aromatic rings. The molecule has 0 saturated carbocycles. The van der Waals surface area contributed by atoms with Gasteiger partial charge in [0.15, 0.2) is 0 Å². The van der Waals surface area contributed by atoms with Crippen molar-refractivity contribution in [2.75, 3.05) is 0 Å². The molecule has 1 aromatic heterocycles. The highest BCUT2D eigenvalue weighted by Gasteiger charge is 2.02. The van der Waals surface area contributed by atoms with Gasteiger partial charge in [0.2, 0.25) is 0 Å². The van der Waals surface area contributed by atoms with Gasteiger partial charge in [-0.15, -0.1) is 12.6 Å². The van der Waals surface area contributed by atoms with E-state index in [0.717, 1.165) is 18.0 Å². The number of thiol groups is 1. The Morgan fingerprint density at radius 1 is 1.64 bits per heavy atom. The van der Waals surface area contributed by atoms with E-state index in [0.29, 0.717) is 0 Å². The lowest BCUT2D eigenvalue weighted by atomic mass is 10.5. The first kappa shape index (κ1) is 8.46. The molecule has 0 atom stereocenters. The van der Waals surface area contributed by atoms with E-state index in [-0.39, 0.29) is 5.56 Å². The molecule has 1 heterocycles. The predicted molar refractivity (Wildman–Crippen MR) is 47.2 cm³/mol. The summed E-state index contributed by atoms with van der Waals surface area (Å²) < 4.78 is 3.43. The van der Waals surface area contributed by atoms with Crippen LogP contribution in [0.25, 0.3) is 0 Å². The zero-order valence-corrected chi connectivity index (χ0v) is 7.64. The fourth-order valence-corrected chi connectivity index (χ4v) is 1.37. The zero-order chi connectivity index (χ0) is 8.43. The fourth-order valence-electron chi connectivity index (χ4n) is 1.03. The maximum absolute atomic E-state index is 11.0. The molecule has 1 rings (SSSR count). The predicted octanol–water partition coefficient (Wildman–Crippen LogP) is 0.885. The van der Waals surface area contributed by atoms with E-state index in [9.17, 15) is 4.79 Å². The van der Waals surface area contributed by atoms with Gasteiger partial charge in [-0.1, -0.05) is 6.92 Å². The second-order valence-electron chi connectivity index (χ2n) is 2.49. The number of hydrogen-bond acceptors (Lipinski definition) is 2. The third kappa shape index (κ3) is 1.50. The second-order valence-corrected chi connectivity index (χ2v) is 2.95. The summed E-state index contributed by atoms with van der Waals surface area (Å²) in [5.41, 5.74) is 0.00319. The van der Waals surface area contributed by atoms with Gasteiger partial charge < -0.3 is 0 Å². The lowest BCUT2D eigenvalue weighted by molar-refractivity contribution is 0.461. The molecule has 0 aliphatic heterocycles. The molecule has 4 heteroatoms. The average molecular weight is 172 g/mol. The van der Waals surface area contributed by atoms with Crippen LogP contribution >= 0.6 is 12.6 Å². The highest BCUT2D eigenvalue weighted by atomic mass is 32.1. The van der Waals surface area contributed by atoms with Crippen LogP contribution in [0.2, 0.25) is 0 Å². The molecule has 0 spiro atoms. The van der Waals surface area contributed by atoms with Crippen molar-refractivity contribution in [3.8, 4) is 0 Å². The minimum Gasteiger partial charge on any atom is -0.277 e. The van der Waals surface area contributed by atoms with Gasteiger partial charge in [-0.3, -0.25) is 14.2 Å². The normalized spacial score (nSPS) is 10.5. The first-order valence-corrected chi connectivity index (χ1v) is 4.07. The molecule has 11 heavy (non-hydrogen) atoms. The van der Waals surface area contributed by atoms with Crippen LogP contribution in [0.15, 0.2) is 15.9 Å². The number of rotatable bonds is 2. The Labute approximate surface area is 71.0 Å². The van der Waals surface area contributed by atoms with E-state index in [1.54, 1.807) is 11.7 Å². The number of aromatic nitrogens is 2. The van der Waals surface area contributed by atoms with Gasteiger partial charge in [-0.2, -0.15) is 0 Å². The van der Waals surface area contributed by atoms with Gasteiger partial charge in [-0.25, -0.2) is 0 Å². The van der Waals surface area contributed by atoms with Crippen LogP contribution in [0, 0.1) is 0 Å².